The van der Waals surface area contributed by atoms with Gasteiger partial charge in [0, 0.05) is 37.2 Å². The summed E-state index contributed by atoms with van der Waals surface area (Å²) in [6.45, 7) is 2.15. The van der Waals surface area contributed by atoms with Crippen LogP contribution >= 0.6 is 0 Å². The molecule has 1 aliphatic rings. The van der Waals surface area contributed by atoms with Crippen molar-refractivity contribution in [2.24, 2.45) is 0 Å². The smallest absolute Gasteiger partial charge is 0.130 e. The van der Waals surface area contributed by atoms with Crippen molar-refractivity contribution in [1.29, 1.82) is 0 Å². The Balaban J connectivity index is 1.70. The van der Waals surface area contributed by atoms with Crippen LogP contribution in [-0.2, 0) is 0 Å². The number of pyridine rings is 1. The molecule has 0 spiro atoms. The molecular weight excluding hydrogens is 248 g/mol. The van der Waals surface area contributed by atoms with Crippen LogP contribution in [0.15, 0.2) is 42.7 Å². The van der Waals surface area contributed by atoms with Crippen LogP contribution in [0.5, 0.6) is 5.75 Å². The van der Waals surface area contributed by atoms with Crippen molar-refractivity contribution < 1.29 is 4.74 Å². The van der Waals surface area contributed by atoms with Crippen LogP contribution in [0.25, 0.3) is 0 Å². The lowest BCUT2D eigenvalue weighted by atomic mass is 9.88. The van der Waals surface area contributed by atoms with Gasteiger partial charge >= 0.3 is 0 Å². The third-order valence-corrected chi connectivity index (χ3v) is 4.02. The van der Waals surface area contributed by atoms with Crippen LogP contribution in [0.4, 0.5) is 5.69 Å². The maximum Gasteiger partial charge on any atom is 0.130 e. The highest BCUT2D eigenvalue weighted by molar-refractivity contribution is 5.46. The van der Waals surface area contributed by atoms with Crippen molar-refractivity contribution in [2.45, 2.75) is 18.8 Å². The lowest BCUT2D eigenvalue weighted by molar-refractivity contribution is 0.396. The number of piperidine rings is 1. The van der Waals surface area contributed by atoms with Gasteiger partial charge in [0.2, 0.25) is 0 Å². The van der Waals surface area contributed by atoms with E-state index in [4.69, 9.17) is 4.74 Å². The van der Waals surface area contributed by atoms with Gasteiger partial charge in [-0.1, -0.05) is 18.2 Å². The van der Waals surface area contributed by atoms with Gasteiger partial charge in [0.1, 0.15) is 5.75 Å². The van der Waals surface area contributed by atoms with Crippen LogP contribution in [0.3, 0.4) is 0 Å². The number of hydrogen-bond donors (Lipinski definition) is 0. The molecule has 3 nitrogen and oxygen atoms in total. The second-order valence-electron chi connectivity index (χ2n) is 5.13. The van der Waals surface area contributed by atoms with Crippen molar-refractivity contribution in [3.05, 3.63) is 54.4 Å². The molecule has 0 saturated carbocycles. The fourth-order valence-electron chi connectivity index (χ4n) is 2.94. The van der Waals surface area contributed by atoms with Gasteiger partial charge in [0.05, 0.1) is 7.11 Å². The summed E-state index contributed by atoms with van der Waals surface area (Å²) in [6.07, 6.45) is 6.01. The zero-order valence-corrected chi connectivity index (χ0v) is 11.7. The molecule has 0 atom stereocenters. The molecule has 0 amide bonds. The summed E-state index contributed by atoms with van der Waals surface area (Å²) in [7, 11) is 1.72. The van der Waals surface area contributed by atoms with E-state index in [9.17, 15) is 0 Å². The Hall–Kier alpha value is -2.03. The third-order valence-electron chi connectivity index (χ3n) is 4.02. The number of methoxy groups -OCH3 is 1. The molecule has 2 heterocycles. The van der Waals surface area contributed by atoms with E-state index in [-0.39, 0.29) is 0 Å². The Morgan fingerprint density at radius 2 is 1.95 bits per heavy atom. The minimum atomic E-state index is 0.570. The number of ether oxygens (including phenoxy) is 1. The highest BCUT2D eigenvalue weighted by atomic mass is 16.5. The molecule has 1 aromatic heterocycles. The second-order valence-corrected chi connectivity index (χ2v) is 5.13. The molecule has 0 N–H and O–H groups in total. The van der Waals surface area contributed by atoms with E-state index in [1.165, 1.54) is 11.3 Å². The number of benzene rings is 1. The highest BCUT2D eigenvalue weighted by Gasteiger charge is 2.22. The first kappa shape index (κ1) is 13.0. The highest BCUT2D eigenvalue weighted by Crippen LogP contribution is 2.34. The molecular formula is C17H19N2O. The molecule has 0 unspecified atom stereocenters. The summed E-state index contributed by atoms with van der Waals surface area (Å²) in [5.74, 6) is 1.47. The largest absolute Gasteiger partial charge is 0.496 e. The quantitative estimate of drug-likeness (QED) is 0.853. The van der Waals surface area contributed by atoms with Crippen molar-refractivity contribution in [2.75, 3.05) is 25.1 Å². The van der Waals surface area contributed by atoms with Gasteiger partial charge < -0.3 is 9.64 Å². The topological polar surface area (TPSA) is 25.4 Å². The summed E-state index contributed by atoms with van der Waals surface area (Å²) < 4.78 is 5.43. The number of para-hydroxylation sites is 1. The van der Waals surface area contributed by atoms with Gasteiger partial charge in [-0.3, -0.25) is 4.98 Å². The first-order valence-corrected chi connectivity index (χ1v) is 7.08. The van der Waals surface area contributed by atoms with Crippen molar-refractivity contribution in [1.82, 2.24) is 4.98 Å². The average molecular weight is 267 g/mol. The Morgan fingerprint density at radius 1 is 1.20 bits per heavy atom. The number of aromatic nitrogens is 1. The fraction of sp³-hybridized carbons (Fsp3) is 0.353. The van der Waals surface area contributed by atoms with E-state index in [0.717, 1.165) is 31.7 Å². The van der Waals surface area contributed by atoms with E-state index in [0.29, 0.717) is 5.92 Å². The van der Waals surface area contributed by atoms with Gasteiger partial charge in [-0.25, -0.2) is 0 Å². The summed E-state index contributed by atoms with van der Waals surface area (Å²) in [4.78, 5) is 6.51. The van der Waals surface area contributed by atoms with Crippen LogP contribution in [0.1, 0.15) is 24.3 Å². The summed E-state index contributed by atoms with van der Waals surface area (Å²) >= 11 is 0. The van der Waals surface area contributed by atoms with E-state index in [2.05, 4.69) is 34.1 Å². The number of rotatable bonds is 3. The molecule has 0 aliphatic carbocycles. The van der Waals surface area contributed by atoms with Gasteiger partial charge in [-0.05, 0) is 36.5 Å². The number of anilines is 1. The third kappa shape index (κ3) is 2.62. The van der Waals surface area contributed by atoms with Gasteiger partial charge in [0.15, 0.2) is 0 Å². The standard InChI is InChI=1S/C17H19N2O/c1-20-17-5-3-2-4-16(17)14-8-12-19(13-9-14)15-6-10-18-11-7-15/h2-4,6-7,10-11,14H,8-9,12-13H2,1H3. The van der Waals surface area contributed by atoms with Crippen LogP contribution in [0, 0.1) is 6.07 Å². The minimum absolute atomic E-state index is 0.570. The fourth-order valence-corrected chi connectivity index (χ4v) is 2.94. The summed E-state index contributed by atoms with van der Waals surface area (Å²) in [6, 6.07) is 13.5. The molecule has 1 aliphatic heterocycles. The normalized spacial score (nSPS) is 16.1. The SMILES string of the molecule is COc1[c]cccc1C1CCN(c2ccncc2)CC1. The average Bonchev–Trinajstić information content (AvgIpc) is 2.56. The number of hydrogen-bond acceptors (Lipinski definition) is 3. The van der Waals surface area contributed by atoms with Crippen LogP contribution < -0.4 is 9.64 Å². The Labute approximate surface area is 120 Å². The van der Waals surface area contributed by atoms with E-state index in [1.807, 2.05) is 24.5 Å². The molecule has 1 saturated heterocycles. The van der Waals surface area contributed by atoms with E-state index < -0.39 is 0 Å². The lowest BCUT2D eigenvalue weighted by Crippen LogP contribution is -2.32. The molecule has 1 aromatic carbocycles. The second kappa shape index (κ2) is 5.95. The van der Waals surface area contributed by atoms with Gasteiger partial charge in [0.25, 0.3) is 0 Å². The predicted octanol–water partition coefficient (Wildman–Crippen LogP) is 3.27. The molecule has 0 bridgehead atoms. The molecule has 2 aromatic rings. The molecule has 1 fully saturated rings. The van der Waals surface area contributed by atoms with Crippen molar-refractivity contribution in [3.63, 3.8) is 0 Å². The van der Waals surface area contributed by atoms with Crippen LogP contribution in [0.2, 0.25) is 0 Å². The van der Waals surface area contributed by atoms with Crippen molar-refractivity contribution >= 4 is 5.69 Å². The lowest BCUT2D eigenvalue weighted by Gasteiger charge is -2.34. The summed E-state index contributed by atoms with van der Waals surface area (Å²) in [5.41, 5.74) is 2.56. The number of nitrogens with zero attached hydrogens (tertiary/aromatic N) is 2. The van der Waals surface area contributed by atoms with Gasteiger partial charge in [-0.2, -0.15) is 0 Å². The maximum atomic E-state index is 5.43. The van der Waals surface area contributed by atoms with Crippen molar-refractivity contribution in [3.8, 4) is 5.75 Å². The minimum Gasteiger partial charge on any atom is -0.496 e. The molecule has 20 heavy (non-hydrogen) atoms. The van der Waals surface area contributed by atoms with Crippen LogP contribution in [-0.4, -0.2) is 25.2 Å². The maximum absolute atomic E-state index is 5.43. The molecule has 103 valence electrons. The first-order valence-electron chi connectivity index (χ1n) is 7.08. The first-order chi connectivity index (χ1) is 9.88. The molecule has 3 heteroatoms. The predicted molar refractivity (Wildman–Crippen MR) is 80.3 cm³/mol. The monoisotopic (exact) mass is 267 g/mol. The van der Waals surface area contributed by atoms with Gasteiger partial charge in [-0.15, -0.1) is 0 Å². The molecule has 3 rings (SSSR count). The Bertz CT molecular complexity index is 548. The van der Waals surface area contributed by atoms with E-state index >= 15 is 0 Å². The zero-order chi connectivity index (χ0) is 13.8. The molecule has 1 radical (unpaired) electrons. The summed E-state index contributed by atoms with van der Waals surface area (Å²) in [5, 5.41) is 0. The Morgan fingerprint density at radius 3 is 2.65 bits per heavy atom. The Kier molecular flexibility index (Phi) is 3.86. The van der Waals surface area contributed by atoms with E-state index in [1.54, 1.807) is 7.11 Å². The zero-order valence-electron chi connectivity index (χ0n) is 11.7.